The Bertz CT molecular complexity index is 358. The van der Waals surface area contributed by atoms with E-state index in [1.165, 1.54) is 37.9 Å². The Kier molecular flexibility index (Phi) is 5.80. The Morgan fingerprint density at radius 2 is 1.84 bits per heavy atom. The first-order chi connectivity index (χ1) is 9.29. The van der Waals surface area contributed by atoms with Gasteiger partial charge in [0.1, 0.15) is 5.82 Å². The number of hydrogen-bond acceptors (Lipinski definition) is 2. The molecule has 1 aliphatic rings. The summed E-state index contributed by atoms with van der Waals surface area (Å²) < 4.78 is 13.0. The van der Waals surface area contributed by atoms with Gasteiger partial charge in [-0.2, -0.15) is 0 Å². The monoisotopic (exact) mass is 264 g/mol. The fourth-order valence-electron chi connectivity index (χ4n) is 2.82. The lowest BCUT2D eigenvalue weighted by Crippen LogP contribution is -2.33. The van der Waals surface area contributed by atoms with E-state index in [9.17, 15) is 4.39 Å². The molecule has 2 rings (SSSR count). The highest BCUT2D eigenvalue weighted by molar-refractivity contribution is 5.19. The van der Waals surface area contributed by atoms with Crippen LogP contribution in [0.3, 0.4) is 0 Å². The minimum atomic E-state index is -0.157. The molecule has 1 aromatic carbocycles. The molecule has 106 valence electrons. The molecule has 1 heterocycles. The lowest BCUT2D eigenvalue weighted by Gasteiger charge is -2.28. The van der Waals surface area contributed by atoms with Gasteiger partial charge >= 0.3 is 0 Å². The second-order valence-electron chi connectivity index (χ2n) is 5.35. The van der Waals surface area contributed by atoms with E-state index in [0.29, 0.717) is 6.04 Å². The van der Waals surface area contributed by atoms with Crippen molar-refractivity contribution in [1.82, 2.24) is 10.2 Å². The molecule has 19 heavy (non-hydrogen) atoms. The zero-order valence-electron chi connectivity index (χ0n) is 11.9. The molecule has 0 spiro atoms. The maximum Gasteiger partial charge on any atom is 0.123 e. The number of halogens is 1. The third-order valence-corrected chi connectivity index (χ3v) is 3.91. The molecule has 0 radical (unpaired) electrons. The third kappa shape index (κ3) is 4.59. The summed E-state index contributed by atoms with van der Waals surface area (Å²) in [5, 5.41) is 3.51. The fraction of sp³-hybridized carbons (Fsp3) is 0.625. The first kappa shape index (κ1) is 14.5. The van der Waals surface area contributed by atoms with E-state index in [2.05, 4.69) is 17.1 Å². The summed E-state index contributed by atoms with van der Waals surface area (Å²) in [6.45, 7) is 6.68. The number of likely N-dealkylation sites (tertiary alicyclic amines) is 1. The largest absolute Gasteiger partial charge is 0.310 e. The second-order valence-corrected chi connectivity index (χ2v) is 5.35. The highest BCUT2D eigenvalue weighted by Crippen LogP contribution is 2.19. The van der Waals surface area contributed by atoms with E-state index in [1.807, 2.05) is 12.1 Å². The first-order valence-electron chi connectivity index (χ1n) is 7.51. The van der Waals surface area contributed by atoms with Crippen LogP contribution in [-0.2, 0) is 0 Å². The normalized spacial score (nSPS) is 18.4. The highest BCUT2D eigenvalue weighted by atomic mass is 19.1. The van der Waals surface area contributed by atoms with Crippen LogP contribution in [0.1, 0.15) is 44.2 Å². The summed E-state index contributed by atoms with van der Waals surface area (Å²) in [6, 6.07) is 7.26. The Hall–Kier alpha value is -0.930. The summed E-state index contributed by atoms with van der Waals surface area (Å²) in [6.07, 6.45) is 5.15. The van der Waals surface area contributed by atoms with Crippen molar-refractivity contribution < 1.29 is 4.39 Å². The van der Waals surface area contributed by atoms with E-state index in [0.717, 1.165) is 19.5 Å². The summed E-state index contributed by atoms with van der Waals surface area (Å²) in [5.74, 6) is -0.157. The molecule has 1 atom stereocenters. The van der Waals surface area contributed by atoms with E-state index < -0.39 is 0 Å². The van der Waals surface area contributed by atoms with Crippen molar-refractivity contribution in [2.45, 2.75) is 38.6 Å². The van der Waals surface area contributed by atoms with Crippen molar-refractivity contribution in [3.63, 3.8) is 0 Å². The average molecular weight is 264 g/mol. The first-order valence-corrected chi connectivity index (χ1v) is 7.51. The Morgan fingerprint density at radius 1 is 1.16 bits per heavy atom. The zero-order valence-corrected chi connectivity index (χ0v) is 11.9. The van der Waals surface area contributed by atoms with Gasteiger partial charge in [0, 0.05) is 6.04 Å². The molecule has 0 saturated carbocycles. The molecule has 0 bridgehead atoms. The quantitative estimate of drug-likeness (QED) is 0.847. The molecule has 0 aromatic heterocycles. The number of piperidine rings is 1. The summed E-state index contributed by atoms with van der Waals surface area (Å²) in [7, 11) is 0. The average Bonchev–Trinajstić information content (AvgIpc) is 2.46. The summed E-state index contributed by atoms with van der Waals surface area (Å²) >= 11 is 0. The lowest BCUT2D eigenvalue weighted by atomic mass is 10.0. The number of hydrogen-bond donors (Lipinski definition) is 1. The van der Waals surface area contributed by atoms with E-state index in [4.69, 9.17) is 0 Å². The highest BCUT2D eigenvalue weighted by Gasteiger charge is 2.14. The molecule has 1 aliphatic heterocycles. The van der Waals surface area contributed by atoms with E-state index in [-0.39, 0.29) is 5.82 Å². The van der Waals surface area contributed by atoms with Gasteiger partial charge in [-0.05, 0) is 63.1 Å². The van der Waals surface area contributed by atoms with Crippen LogP contribution >= 0.6 is 0 Å². The molecule has 0 aliphatic carbocycles. The predicted molar refractivity (Wildman–Crippen MR) is 77.7 cm³/mol. The van der Waals surface area contributed by atoms with Crippen molar-refractivity contribution in [3.8, 4) is 0 Å². The minimum Gasteiger partial charge on any atom is -0.310 e. The minimum absolute atomic E-state index is 0.157. The van der Waals surface area contributed by atoms with Gasteiger partial charge in [-0.1, -0.05) is 25.5 Å². The fourth-order valence-corrected chi connectivity index (χ4v) is 2.82. The second kappa shape index (κ2) is 7.61. The Morgan fingerprint density at radius 3 is 2.47 bits per heavy atom. The van der Waals surface area contributed by atoms with Gasteiger partial charge < -0.3 is 10.2 Å². The van der Waals surface area contributed by atoms with Gasteiger partial charge in [-0.25, -0.2) is 4.39 Å². The van der Waals surface area contributed by atoms with E-state index >= 15 is 0 Å². The van der Waals surface area contributed by atoms with Gasteiger partial charge in [0.25, 0.3) is 0 Å². The molecule has 0 amide bonds. The molecule has 2 nitrogen and oxygen atoms in total. The predicted octanol–water partition coefficient (Wildman–Crippen LogP) is 3.35. The van der Waals surface area contributed by atoms with Crippen LogP contribution in [0.5, 0.6) is 0 Å². The van der Waals surface area contributed by atoms with Crippen LogP contribution in [0, 0.1) is 5.82 Å². The maximum absolute atomic E-state index is 13.0. The van der Waals surface area contributed by atoms with Crippen LogP contribution < -0.4 is 5.32 Å². The topological polar surface area (TPSA) is 15.3 Å². The lowest BCUT2D eigenvalue weighted by molar-refractivity contribution is 0.217. The number of rotatable bonds is 6. The van der Waals surface area contributed by atoms with Crippen LogP contribution in [0.2, 0.25) is 0 Å². The molecule has 1 saturated heterocycles. The summed E-state index contributed by atoms with van der Waals surface area (Å²) in [5.41, 5.74) is 1.19. The molecular formula is C16H25FN2. The van der Waals surface area contributed by atoms with Crippen LogP contribution in [0.15, 0.2) is 24.3 Å². The van der Waals surface area contributed by atoms with Crippen LogP contribution in [0.25, 0.3) is 0 Å². The van der Waals surface area contributed by atoms with Crippen molar-refractivity contribution in [2.24, 2.45) is 0 Å². The Balaban J connectivity index is 1.89. The van der Waals surface area contributed by atoms with Gasteiger partial charge in [-0.3, -0.25) is 0 Å². The number of benzene rings is 1. The van der Waals surface area contributed by atoms with Crippen molar-refractivity contribution in [3.05, 3.63) is 35.6 Å². The van der Waals surface area contributed by atoms with E-state index in [1.54, 1.807) is 12.1 Å². The SMILES string of the molecule is CCNC(CCN1CCCCC1)c1ccc(F)cc1. The van der Waals surface area contributed by atoms with Crippen molar-refractivity contribution >= 4 is 0 Å². The standard InChI is InChI=1S/C16H25FN2/c1-2-18-16(14-6-8-15(17)9-7-14)10-13-19-11-4-3-5-12-19/h6-9,16,18H,2-5,10-13H2,1H3. The maximum atomic E-state index is 13.0. The molecule has 3 heteroatoms. The number of nitrogens with one attached hydrogen (secondary N) is 1. The van der Waals surface area contributed by atoms with Gasteiger partial charge in [0.15, 0.2) is 0 Å². The van der Waals surface area contributed by atoms with Crippen molar-refractivity contribution in [1.29, 1.82) is 0 Å². The summed E-state index contributed by atoms with van der Waals surface area (Å²) in [4.78, 5) is 2.55. The molecule has 1 aromatic rings. The van der Waals surface area contributed by atoms with Crippen molar-refractivity contribution in [2.75, 3.05) is 26.2 Å². The van der Waals surface area contributed by atoms with Gasteiger partial charge in [-0.15, -0.1) is 0 Å². The van der Waals surface area contributed by atoms with Crippen LogP contribution in [-0.4, -0.2) is 31.1 Å². The molecule has 1 N–H and O–H groups in total. The number of nitrogens with zero attached hydrogens (tertiary/aromatic N) is 1. The zero-order chi connectivity index (χ0) is 13.5. The molecular weight excluding hydrogens is 239 g/mol. The molecule has 1 unspecified atom stereocenters. The van der Waals surface area contributed by atoms with Gasteiger partial charge in [0.2, 0.25) is 0 Å². The Labute approximate surface area is 116 Å². The smallest absolute Gasteiger partial charge is 0.123 e. The van der Waals surface area contributed by atoms with Gasteiger partial charge in [0.05, 0.1) is 0 Å². The third-order valence-electron chi connectivity index (χ3n) is 3.91. The van der Waals surface area contributed by atoms with Crippen LogP contribution in [0.4, 0.5) is 4.39 Å². The molecule has 1 fully saturated rings.